The smallest absolute Gasteiger partial charge is 0.259 e. The summed E-state index contributed by atoms with van der Waals surface area (Å²) in [4.78, 5) is 18.6. The number of nitrogens with one attached hydrogen (secondary N) is 2. The molecule has 1 amide bonds. The van der Waals surface area contributed by atoms with Crippen LogP contribution in [0.2, 0.25) is 0 Å². The van der Waals surface area contributed by atoms with Crippen LogP contribution in [0.5, 0.6) is 11.5 Å². The SMILES string of the molecule is COc1ccc(OC)c(NC(=O)c2c(NCc3ccncc3)sc3c2CCC3)c1. The molecule has 0 aliphatic heterocycles. The summed E-state index contributed by atoms with van der Waals surface area (Å²) in [6, 6.07) is 9.30. The normalized spacial score (nSPS) is 12.3. The second-order valence-electron chi connectivity index (χ2n) is 6.79. The first-order valence-electron chi connectivity index (χ1n) is 9.50. The van der Waals surface area contributed by atoms with Gasteiger partial charge in [-0.2, -0.15) is 0 Å². The van der Waals surface area contributed by atoms with Crippen molar-refractivity contribution in [3.63, 3.8) is 0 Å². The average molecular weight is 410 g/mol. The molecule has 0 spiro atoms. The van der Waals surface area contributed by atoms with Gasteiger partial charge in [0.15, 0.2) is 0 Å². The third kappa shape index (κ3) is 4.05. The number of amides is 1. The molecule has 7 heteroatoms. The van der Waals surface area contributed by atoms with Crippen molar-refractivity contribution < 1.29 is 14.3 Å². The molecule has 2 heterocycles. The van der Waals surface area contributed by atoms with Crippen LogP contribution in [0.3, 0.4) is 0 Å². The maximum Gasteiger partial charge on any atom is 0.259 e. The number of aromatic nitrogens is 1. The number of thiophene rings is 1. The van der Waals surface area contributed by atoms with Crippen molar-refractivity contribution in [3.05, 3.63) is 64.3 Å². The minimum absolute atomic E-state index is 0.131. The fourth-order valence-corrected chi connectivity index (χ4v) is 4.83. The van der Waals surface area contributed by atoms with E-state index in [0.717, 1.165) is 41.0 Å². The predicted molar refractivity (Wildman–Crippen MR) is 115 cm³/mol. The number of ether oxygens (including phenoxy) is 2. The lowest BCUT2D eigenvalue weighted by Crippen LogP contribution is -2.15. The van der Waals surface area contributed by atoms with Crippen LogP contribution < -0.4 is 20.1 Å². The molecular formula is C22H23N3O3S. The number of anilines is 2. The van der Waals surface area contributed by atoms with Crippen molar-refractivity contribution in [3.8, 4) is 11.5 Å². The summed E-state index contributed by atoms with van der Waals surface area (Å²) in [6.45, 7) is 0.644. The lowest BCUT2D eigenvalue weighted by Gasteiger charge is -2.13. The molecule has 1 aromatic carbocycles. The average Bonchev–Trinajstić information content (AvgIpc) is 3.33. The molecule has 0 saturated heterocycles. The van der Waals surface area contributed by atoms with E-state index in [0.29, 0.717) is 23.7 Å². The van der Waals surface area contributed by atoms with Gasteiger partial charge in [-0.05, 0) is 54.7 Å². The minimum Gasteiger partial charge on any atom is -0.497 e. The minimum atomic E-state index is -0.131. The van der Waals surface area contributed by atoms with Crippen LogP contribution in [0, 0.1) is 0 Å². The molecule has 0 fully saturated rings. The van der Waals surface area contributed by atoms with E-state index in [-0.39, 0.29) is 5.91 Å². The van der Waals surface area contributed by atoms with E-state index in [1.165, 1.54) is 4.88 Å². The Morgan fingerprint density at radius 1 is 1.14 bits per heavy atom. The van der Waals surface area contributed by atoms with Gasteiger partial charge in [0.25, 0.3) is 5.91 Å². The second kappa shape index (κ2) is 8.53. The zero-order valence-electron chi connectivity index (χ0n) is 16.5. The van der Waals surface area contributed by atoms with Crippen LogP contribution in [0.15, 0.2) is 42.7 Å². The van der Waals surface area contributed by atoms with E-state index in [1.807, 2.05) is 12.1 Å². The Morgan fingerprint density at radius 2 is 1.97 bits per heavy atom. The quantitative estimate of drug-likeness (QED) is 0.601. The van der Waals surface area contributed by atoms with Crippen LogP contribution in [-0.4, -0.2) is 25.1 Å². The van der Waals surface area contributed by atoms with Gasteiger partial charge in [-0.1, -0.05) is 0 Å². The number of carbonyl (C=O) groups excluding carboxylic acids is 1. The number of aryl methyl sites for hydroxylation is 1. The van der Waals surface area contributed by atoms with E-state index in [9.17, 15) is 4.79 Å². The van der Waals surface area contributed by atoms with Crippen LogP contribution in [-0.2, 0) is 19.4 Å². The molecule has 29 heavy (non-hydrogen) atoms. The molecule has 0 atom stereocenters. The topological polar surface area (TPSA) is 72.5 Å². The fourth-order valence-electron chi connectivity index (χ4n) is 3.55. The van der Waals surface area contributed by atoms with Crippen LogP contribution >= 0.6 is 11.3 Å². The number of rotatable bonds is 7. The first-order chi connectivity index (χ1) is 14.2. The molecule has 1 aliphatic carbocycles. The first-order valence-corrected chi connectivity index (χ1v) is 10.3. The molecule has 150 valence electrons. The van der Waals surface area contributed by atoms with E-state index in [4.69, 9.17) is 9.47 Å². The maximum atomic E-state index is 13.3. The van der Waals surface area contributed by atoms with Gasteiger partial charge in [-0.15, -0.1) is 11.3 Å². The Balaban J connectivity index is 1.61. The Morgan fingerprint density at radius 3 is 2.72 bits per heavy atom. The molecule has 0 bridgehead atoms. The number of hydrogen-bond acceptors (Lipinski definition) is 6. The zero-order chi connectivity index (χ0) is 20.2. The number of pyridine rings is 1. The molecule has 0 unspecified atom stereocenters. The summed E-state index contributed by atoms with van der Waals surface area (Å²) in [5.41, 5.74) is 3.61. The van der Waals surface area contributed by atoms with Crippen LogP contribution in [0.4, 0.5) is 10.7 Å². The van der Waals surface area contributed by atoms with Crippen molar-refractivity contribution in [1.29, 1.82) is 0 Å². The number of nitrogens with zero attached hydrogens (tertiary/aromatic N) is 1. The summed E-state index contributed by atoms with van der Waals surface area (Å²) in [6.07, 6.45) is 6.59. The van der Waals surface area contributed by atoms with Gasteiger partial charge < -0.3 is 20.1 Å². The van der Waals surface area contributed by atoms with Crippen molar-refractivity contribution in [2.75, 3.05) is 24.9 Å². The summed E-state index contributed by atoms with van der Waals surface area (Å²) in [7, 11) is 3.18. The summed E-state index contributed by atoms with van der Waals surface area (Å²) in [5.74, 6) is 1.12. The van der Waals surface area contributed by atoms with Gasteiger partial charge in [-0.25, -0.2) is 0 Å². The maximum absolute atomic E-state index is 13.3. The number of fused-ring (bicyclic) bond motifs is 1. The fraction of sp³-hybridized carbons (Fsp3) is 0.273. The van der Waals surface area contributed by atoms with E-state index in [1.54, 1.807) is 56.1 Å². The van der Waals surface area contributed by atoms with Crippen molar-refractivity contribution >= 4 is 27.9 Å². The molecule has 0 radical (unpaired) electrons. The Labute approximate surface area is 173 Å². The molecule has 1 aliphatic rings. The number of benzene rings is 1. The summed E-state index contributed by atoms with van der Waals surface area (Å²) in [5, 5.41) is 7.38. The van der Waals surface area contributed by atoms with Crippen LogP contribution in [0.1, 0.15) is 32.8 Å². The third-order valence-electron chi connectivity index (χ3n) is 5.01. The molecule has 2 aromatic heterocycles. The Kier molecular flexibility index (Phi) is 5.67. The molecule has 3 aromatic rings. The molecule has 0 saturated carbocycles. The van der Waals surface area contributed by atoms with Gasteiger partial charge in [0, 0.05) is 29.9 Å². The Hall–Kier alpha value is -3.06. The predicted octanol–water partition coefficient (Wildman–Crippen LogP) is 4.51. The Bertz CT molecular complexity index is 1020. The number of hydrogen-bond donors (Lipinski definition) is 2. The number of carbonyl (C=O) groups is 1. The highest BCUT2D eigenvalue weighted by atomic mass is 32.1. The molecule has 2 N–H and O–H groups in total. The summed E-state index contributed by atoms with van der Waals surface area (Å²) >= 11 is 1.68. The van der Waals surface area contributed by atoms with Crippen molar-refractivity contribution in [1.82, 2.24) is 4.98 Å². The van der Waals surface area contributed by atoms with Crippen molar-refractivity contribution in [2.24, 2.45) is 0 Å². The molecule has 4 rings (SSSR count). The van der Waals surface area contributed by atoms with Gasteiger partial charge in [0.05, 0.1) is 25.5 Å². The highest BCUT2D eigenvalue weighted by Crippen LogP contribution is 2.40. The highest BCUT2D eigenvalue weighted by molar-refractivity contribution is 7.16. The summed E-state index contributed by atoms with van der Waals surface area (Å²) < 4.78 is 10.7. The van der Waals surface area contributed by atoms with Crippen molar-refractivity contribution in [2.45, 2.75) is 25.8 Å². The molecular weight excluding hydrogens is 386 g/mol. The van der Waals surface area contributed by atoms with E-state index >= 15 is 0 Å². The van der Waals surface area contributed by atoms with Gasteiger partial charge in [-0.3, -0.25) is 9.78 Å². The van der Waals surface area contributed by atoms with Crippen LogP contribution in [0.25, 0.3) is 0 Å². The van der Waals surface area contributed by atoms with E-state index < -0.39 is 0 Å². The van der Waals surface area contributed by atoms with Gasteiger partial charge >= 0.3 is 0 Å². The largest absolute Gasteiger partial charge is 0.497 e. The first kappa shape index (κ1) is 19.3. The zero-order valence-corrected chi connectivity index (χ0v) is 17.3. The lowest BCUT2D eigenvalue weighted by atomic mass is 10.1. The van der Waals surface area contributed by atoms with E-state index in [2.05, 4.69) is 15.6 Å². The number of methoxy groups -OCH3 is 2. The van der Waals surface area contributed by atoms with Gasteiger partial charge in [0.2, 0.25) is 0 Å². The highest BCUT2D eigenvalue weighted by Gasteiger charge is 2.27. The lowest BCUT2D eigenvalue weighted by molar-refractivity contribution is 0.102. The standard InChI is InChI=1S/C22H23N3O3S/c1-27-15-6-7-18(28-2)17(12-15)25-21(26)20-16-4-3-5-19(16)29-22(20)24-13-14-8-10-23-11-9-14/h6-12,24H,3-5,13H2,1-2H3,(H,25,26). The van der Waals surface area contributed by atoms with Gasteiger partial charge in [0.1, 0.15) is 16.5 Å². The second-order valence-corrected chi connectivity index (χ2v) is 7.90. The molecule has 6 nitrogen and oxygen atoms in total. The monoisotopic (exact) mass is 409 g/mol. The third-order valence-corrected chi connectivity index (χ3v) is 6.26.